The van der Waals surface area contributed by atoms with Gasteiger partial charge in [-0.1, -0.05) is 25.1 Å². The molecule has 1 unspecified atom stereocenters. The summed E-state index contributed by atoms with van der Waals surface area (Å²) in [4.78, 5) is 2.45. The Labute approximate surface area is 114 Å². The average Bonchev–Trinajstić information content (AvgIpc) is 3.15. The molecule has 1 aliphatic carbocycles. The van der Waals surface area contributed by atoms with Gasteiger partial charge in [-0.15, -0.1) is 0 Å². The SMILES string of the molecule is CCN(CC1CC1)C(CN)c1cc2ccccc2o1. The normalized spacial score (nSPS) is 17.2. The van der Waals surface area contributed by atoms with Crippen molar-refractivity contribution in [1.82, 2.24) is 4.90 Å². The number of hydrogen-bond donors (Lipinski definition) is 1. The molecule has 0 saturated heterocycles. The van der Waals surface area contributed by atoms with Crippen LogP contribution in [0.25, 0.3) is 11.0 Å². The van der Waals surface area contributed by atoms with Crippen LogP contribution in [0.15, 0.2) is 34.7 Å². The number of furan rings is 1. The highest BCUT2D eigenvalue weighted by molar-refractivity contribution is 5.77. The van der Waals surface area contributed by atoms with E-state index < -0.39 is 0 Å². The monoisotopic (exact) mass is 258 g/mol. The second-order valence-corrected chi connectivity index (χ2v) is 5.47. The van der Waals surface area contributed by atoms with Gasteiger partial charge in [0.05, 0.1) is 6.04 Å². The molecule has 1 atom stereocenters. The second kappa shape index (κ2) is 5.35. The van der Waals surface area contributed by atoms with Crippen molar-refractivity contribution >= 4 is 11.0 Å². The van der Waals surface area contributed by atoms with Crippen molar-refractivity contribution in [3.63, 3.8) is 0 Å². The predicted molar refractivity (Wildman–Crippen MR) is 78.0 cm³/mol. The van der Waals surface area contributed by atoms with E-state index in [1.807, 2.05) is 18.2 Å². The maximum atomic E-state index is 6.00. The molecule has 0 spiro atoms. The van der Waals surface area contributed by atoms with E-state index in [0.717, 1.165) is 30.4 Å². The van der Waals surface area contributed by atoms with Crippen LogP contribution >= 0.6 is 0 Å². The van der Waals surface area contributed by atoms with E-state index in [9.17, 15) is 0 Å². The third-order valence-corrected chi connectivity index (χ3v) is 4.03. The van der Waals surface area contributed by atoms with Crippen LogP contribution in [-0.2, 0) is 0 Å². The Morgan fingerprint density at radius 3 is 2.79 bits per heavy atom. The van der Waals surface area contributed by atoms with Crippen molar-refractivity contribution in [2.45, 2.75) is 25.8 Å². The van der Waals surface area contributed by atoms with Crippen LogP contribution in [0, 0.1) is 5.92 Å². The van der Waals surface area contributed by atoms with Gasteiger partial charge in [0.25, 0.3) is 0 Å². The fourth-order valence-corrected chi connectivity index (χ4v) is 2.72. The molecular formula is C16H22N2O. The molecule has 2 N–H and O–H groups in total. The first-order chi connectivity index (χ1) is 9.31. The fraction of sp³-hybridized carbons (Fsp3) is 0.500. The van der Waals surface area contributed by atoms with Gasteiger partial charge in [-0.25, -0.2) is 0 Å². The first-order valence-electron chi connectivity index (χ1n) is 7.24. The summed E-state index contributed by atoms with van der Waals surface area (Å²) < 4.78 is 5.98. The van der Waals surface area contributed by atoms with E-state index in [1.54, 1.807) is 0 Å². The van der Waals surface area contributed by atoms with Crippen LogP contribution in [0.2, 0.25) is 0 Å². The minimum absolute atomic E-state index is 0.206. The van der Waals surface area contributed by atoms with Crippen molar-refractivity contribution in [3.05, 3.63) is 36.1 Å². The fourth-order valence-electron chi connectivity index (χ4n) is 2.72. The highest BCUT2D eigenvalue weighted by atomic mass is 16.3. The Bertz CT molecular complexity index is 511. The van der Waals surface area contributed by atoms with Crippen LogP contribution in [0.4, 0.5) is 0 Å². The number of rotatable bonds is 6. The summed E-state index contributed by atoms with van der Waals surface area (Å²) in [6.45, 7) is 4.99. The number of likely N-dealkylation sites (N-methyl/N-ethyl adjacent to an activating group) is 1. The van der Waals surface area contributed by atoms with Gasteiger partial charge in [-0.2, -0.15) is 0 Å². The Morgan fingerprint density at radius 2 is 2.16 bits per heavy atom. The molecule has 1 aromatic carbocycles. The molecule has 1 aromatic heterocycles. The molecule has 3 heteroatoms. The van der Waals surface area contributed by atoms with Crippen LogP contribution in [0.3, 0.4) is 0 Å². The summed E-state index contributed by atoms with van der Waals surface area (Å²) in [5.41, 5.74) is 6.95. The molecule has 0 amide bonds. The Hall–Kier alpha value is -1.32. The first-order valence-corrected chi connectivity index (χ1v) is 7.24. The molecule has 1 saturated carbocycles. The Morgan fingerprint density at radius 1 is 1.37 bits per heavy atom. The number of fused-ring (bicyclic) bond motifs is 1. The zero-order valence-corrected chi connectivity index (χ0v) is 11.5. The molecule has 102 valence electrons. The Balaban J connectivity index is 1.86. The van der Waals surface area contributed by atoms with E-state index in [1.165, 1.54) is 18.2 Å². The van der Waals surface area contributed by atoms with Crippen molar-refractivity contribution < 1.29 is 4.42 Å². The van der Waals surface area contributed by atoms with Crippen LogP contribution < -0.4 is 5.73 Å². The van der Waals surface area contributed by atoms with Crippen molar-refractivity contribution in [2.75, 3.05) is 19.6 Å². The van der Waals surface area contributed by atoms with E-state index >= 15 is 0 Å². The Kier molecular flexibility index (Phi) is 3.58. The van der Waals surface area contributed by atoms with Crippen molar-refractivity contribution in [2.24, 2.45) is 11.7 Å². The quantitative estimate of drug-likeness (QED) is 0.865. The van der Waals surface area contributed by atoms with E-state index in [-0.39, 0.29) is 6.04 Å². The topological polar surface area (TPSA) is 42.4 Å². The number of benzene rings is 1. The molecule has 0 radical (unpaired) electrons. The standard InChI is InChI=1S/C16H22N2O/c1-2-18(11-12-7-8-12)14(10-17)16-9-13-5-3-4-6-15(13)19-16/h3-6,9,12,14H,2,7-8,10-11,17H2,1H3. The third kappa shape index (κ3) is 2.67. The summed E-state index contributed by atoms with van der Waals surface area (Å²) in [6.07, 6.45) is 2.74. The molecule has 1 heterocycles. The molecule has 19 heavy (non-hydrogen) atoms. The lowest BCUT2D eigenvalue weighted by molar-refractivity contribution is 0.183. The van der Waals surface area contributed by atoms with Crippen molar-refractivity contribution in [3.8, 4) is 0 Å². The van der Waals surface area contributed by atoms with E-state index in [4.69, 9.17) is 10.2 Å². The van der Waals surface area contributed by atoms with Crippen molar-refractivity contribution in [1.29, 1.82) is 0 Å². The van der Waals surface area contributed by atoms with Crippen LogP contribution in [0.1, 0.15) is 31.6 Å². The molecular weight excluding hydrogens is 236 g/mol. The lowest BCUT2D eigenvalue weighted by Crippen LogP contribution is -2.35. The van der Waals surface area contributed by atoms with Crippen LogP contribution in [-0.4, -0.2) is 24.5 Å². The second-order valence-electron chi connectivity index (χ2n) is 5.47. The molecule has 0 aliphatic heterocycles. The predicted octanol–water partition coefficient (Wildman–Crippen LogP) is 3.16. The van der Waals surface area contributed by atoms with E-state index in [0.29, 0.717) is 6.54 Å². The number of hydrogen-bond acceptors (Lipinski definition) is 3. The van der Waals surface area contributed by atoms with Gasteiger partial charge in [0.1, 0.15) is 11.3 Å². The summed E-state index contributed by atoms with van der Waals surface area (Å²) in [5.74, 6) is 1.88. The highest BCUT2D eigenvalue weighted by Crippen LogP contribution is 2.33. The van der Waals surface area contributed by atoms with Gasteiger partial charge in [0.15, 0.2) is 0 Å². The van der Waals surface area contributed by atoms with Gasteiger partial charge in [-0.05, 0) is 37.4 Å². The summed E-state index contributed by atoms with van der Waals surface area (Å²) in [5, 5.41) is 1.17. The minimum atomic E-state index is 0.206. The zero-order chi connectivity index (χ0) is 13.2. The van der Waals surface area contributed by atoms with Crippen LogP contribution in [0.5, 0.6) is 0 Å². The third-order valence-electron chi connectivity index (χ3n) is 4.03. The number of nitrogens with two attached hydrogens (primary N) is 1. The van der Waals surface area contributed by atoms with Gasteiger partial charge >= 0.3 is 0 Å². The summed E-state index contributed by atoms with van der Waals surface area (Å²) in [6, 6.07) is 10.5. The maximum Gasteiger partial charge on any atom is 0.134 e. The van der Waals surface area contributed by atoms with Gasteiger partial charge in [0.2, 0.25) is 0 Å². The smallest absolute Gasteiger partial charge is 0.134 e. The van der Waals surface area contributed by atoms with E-state index in [2.05, 4.69) is 24.0 Å². The molecule has 3 rings (SSSR count). The lowest BCUT2D eigenvalue weighted by Gasteiger charge is -2.28. The lowest BCUT2D eigenvalue weighted by atomic mass is 10.1. The largest absolute Gasteiger partial charge is 0.459 e. The average molecular weight is 258 g/mol. The molecule has 0 bridgehead atoms. The number of nitrogens with zero attached hydrogens (tertiary/aromatic N) is 1. The molecule has 3 nitrogen and oxygen atoms in total. The van der Waals surface area contributed by atoms with Gasteiger partial charge in [-0.3, -0.25) is 4.90 Å². The maximum absolute atomic E-state index is 6.00. The zero-order valence-electron chi connectivity index (χ0n) is 11.5. The first kappa shape index (κ1) is 12.7. The summed E-state index contributed by atoms with van der Waals surface area (Å²) >= 11 is 0. The molecule has 2 aromatic rings. The molecule has 1 fully saturated rings. The molecule has 1 aliphatic rings. The minimum Gasteiger partial charge on any atom is -0.459 e. The van der Waals surface area contributed by atoms with Gasteiger partial charge in [0, 0.05) is 18.5 Å². The van der Waals surface area contributed by atoms with Gasteiger partial charge < -0.3 is 10.2 Å². The number of para-hydroxylation sites is 1. The summed E-state index contributed by atoms with van der Waals surface area (Å²) in [7, 11) is 0. The highest BCUT2D eigenvalue weighted by Gasteiger charge is 2.28.